The predicted octanol–water partition coefficient (Wildman–Crippen LogP) is 2.17. The maximum atomic E-state index is 12.0. The van der Waals surface area contributed by atoms with Gasteiger partial charge in [0.2, 0.25) is 0 Å². The summed E-state index contributed by atoms with van der Waals surface area (Å²) in [7, 11) is 0. The second-order valence-electron chi connectivity index (χ2n) is 4.45. The Balaban J connectivity index is 0.00000133. The highest BCUT2D eigenvalue weighted by Crippen LogP contribution is 2.32. The minimum atomic E-state index is -0.208. The molecule has 1 aromatic rings. The van der Waals surface area contributed by atoms with E-state index in [1.165, 1.54) is 0 Å². The van der Waals surface area contributed by atoms with Crippen LogP contribution in [0.25, 0.3) is 6.08 Å². The van der Waals surface area contributed by atoms with Crippen LogP contribution in [0.2, 0.25) is 0 Å². The van der Waals surface area contributed by atoms with Crippen LogP contribution in [0.5, 0.6) is 11.5 Å². The first kappa shape index (κ1) is 13.9. The van der Waals surface area contributed by atoms with E-state index in [2.05, 4.69) is 5.32 Å². The third-order valence-corrected chi connectivity index (χ3v) is 3.20. The van der Waals surface area contributed by atoms with Gasteiger partial charge in [-0.05, 0) is 43.7 Å². The van der Waals surface area contributed by atoms with Crippen molar-refractivity contribution in [1.82, 2.24) is 5.32 Å². The van der Waals surface area contributed by atoms with Crippen molar-refractivity contribution in [1.29, 1.82) is 0 Å². The molecular weight excluding hydrogens is 266 g/mol. The summed E-state index contributed by atoms with van der Waals surface area (Å²) in [4.78, 5) is 12.0. The Morgan fingerprint density at radius 3 is 3.11 bits per heavy atom. The first-order chi connectivity index (χ1) is 8.84. The number of hydrogen-bond donors (Lipinski definition) is 1. The van der Waals surface area contributed by atoms with Crippen molar-refractivity contribution in [2.75, 3.05) is 13.2 Å². The van der Waals surface area contributed by atoms with Gasteiger partial charge in [-0.15, -0.1) is 12.4 Å². The normalized spacial score (nSPS) is 20.1. The smallest absolute Gasteiger partial charge is 0.328 e. The van der Waals surface area contributed by atoms with Crippen molar-refractivity contribution in [2.24, 2.45) is 0 Å². The monoisotopic (exact) mass is 281 g/mol. The number of ether oxygens (including phenoxy) is 2. The third kappa shape index (κ3) is 2.91. The van der Waals surface area contributed by atoms with Gasteiger partial charge in [-0.25, -0.2) is 4.79 Å². The lowest BCUT2D eigenvalue weighted by molar-refractivity contribution is -0.136. The molecule has 0 aromatic heterocycles. The highest BCUT2D eigenvalue weighted by molar-refractivity contribution is 5.85. The number of nitrogens with one attached hydrogen (secondary N) is 1. The number of hydrogen-bond acceptors (Lipinski definition) is 4. The van der Waals surface area contributed by atoms with E-state index in [9.17, 15) is 4.79 Å². The van der Waals surface area contributed by atoms with E-state index in [0.29, 0.717) is 12.4 Å². The van der Waals surface area contributed by atoms with Crippen LogP contribution in [-0.4, -0.2) is 25.2 Å². The second kappa shape index (κ2) is 6.08. The molecule has 0 unspecified atom stereocenters. The lowest BCUT2D eigenvalue weighted by Gasteiger charge is -2.16. The molecule has 1 aromatic carbocycles. The molecule has 3 rings (SSSR count). The molecule has 2 aliphatic heterocycles. The summed E-state index contributed by atoms with van der Waals surface area (Å²) in [6.45, 7) is 1.45. The number of halogens is 1. The van der Waals surface area contributed by atoms with E-state index in [0.717, 1.165) is 30.7 Å². The molecule has 0 radical (unpaired) electrons. The van der Waals surface area contributed by atoms with E-state index in [4.69, 9.17) is 9.47 Å². The lowest BCUT2D eigenvalue weighted by Crippen LogP contribution is -2.34. The highest BCUT2D eigenvalue weighted by atomic mass is 35.5. The lowest BCUT2D eigenvalue weighted by atomic mass is 10.1. The molecule has 0 amide bonds. The van der Waals surface area contributed by atoms with Gasteiger partial charge in [0.05, 0.1) is 5.56 Å². The van der Waals surface area contributed by atoms with E-state index in [1.54, 1.807) is 6.07 Å². The van der Waals surface area contributed by atoms with Gasteiger partial charge in [0.25, 0.3) is 0 Å². The fourth-order valence-corrected chi connectivity index (χ4v) is 2.27. The van der Waals surface area contributed by atoms with E-state index in [-0.39, 0.29) is 24.4 Å². The molecule has 0 bridgehead atoms. The van der Waals surface area contributed by atoms with Gasteiger partial charge >= 0.3 is 5.97 Å². The van der Waals surface area contributed by atoms with E-state index >= 15 is 0 Å². The predicted molar refractivity (Wildman–Crippen MR) is 74.9 cm³/mol. The Bertz CT molecular complexity index is 495. The molecule has 4 nitrogen and oxygen atoms in total. The number of esters is 1. The number of fused-ring (bicyclic) bond motifs is 1. The third-order valence-electron chi connectivity index (χ3n) is 3.20. The molecular formula is C14H16ClNO3. The van der Waals surface area contributed by atoms with E-state index < -0.39 is 0 Å². The van der Waals surface area contributed by atoms with Gasteiger partial charge in [-0.2, -0.15) is 0 Å². The molecule has 1 atom stereocenters. The molecule has 1 N–H and O–H groups in total. The summed E-state index contributed by atoms with van der Waals surface area (Å²) in [5.74, 6) is 1.13. The average Bonchev–Trinajstić information content (AvgIpc) is 2.93. The van der Waals surface area contributed by atoms with E-state index in [1.807, 2.05) is 24.3 Å². The van der Waals surface area contributed by atoms with Crippen molar-refractivity contribution in [3.8, 4) is 11.5 Å². The Morgan fingerprint density at radius 2 is 2.32 bits per heavy atom. The highest BCUT2D eigenvalue weighted by Gasteiger charge is 2.25. The summed E-state index contributed by atoms with van der Waals surface area (Å²) >= 11 is 0. The average molecular weight is 282 g/mol. The Kier molecular flexibility index (Phi) is 4.45. The largest absolute Gasteiger partial charge is 0.489 e. The van der Waals surface area contributed by atoms with Crippen LogP contribution >= 0.6 is 12.4 Å². The van der Waals surface area contributed by atoms with Gasteiger partial charge < -0.3 is 14.8 Å². The van der Waals surface area contributed by atoms with Crippen molar-refractivity contribution in [2.45, 2.75) is 18.9 Å². The van der Waals surface area contributed by atoms with Crippen LogP contribution in [-0.2, 0) is 4.79 Å². The van der Waals surface area contributed by atoms with Crippen molar-refractivity contribution in [3.05, 3.63) is 29.8 Å². The van der Waals surface area contributed by atoms with Crippen LogP contribution < -0.4 is 14.8 Å². The zero-order valence-electron chi connectivity index (χ0n) is 10.4. The summed E-state index contributed by atoms with van der Waals surface area (Å²) in [6, 6.07) is 5.34. The Labute approximate surface area is 118 Å². The van der Waals surface area contributed by atoms with Crippen LogP contribution in [0.1, 0.15) is 18.4 Å². The van der Waals surface area contributed by atoms with Crippen molar-refractivity contribution < 1.29 is 14.3 Å². The molecule has 0 spiro atoms. The minimum Gasteiger partial charge on any atom is -0.489 e. The van der Waals surface area contributed by atoms with Gasteiger partial charge in [0, 0.05) is 0 Å². The van der Waals surface area contributed by atoms with Crippen LogP contribution in [0.15, 0.2) is 24.3 Å². The SMILES string of the molecule is Cl.O=C(Oc1cccc2c1C=CCO2)[C@@H]1CCCN1. The summed E-state index contributed by atoms with van der Waals surface area (Å²) in [6.07, 6.45) is 5.72. The molecule has 102 valence electrons. The molecule has 2 heterocycles. The topological polar surface area (TPSA) is 47.6 Å². The quantitative estimate of drug-likeness (QED) is 0.667. The van der Waals surface area contributed by atoms with Gasteiger partial charge in [0.1, 0.15) is 24.1 Å². The Hall–Kier alpha value is -1.52. The molecule has 5 heteroatoms. The minimum absolute atomic E-state index is 0. The standard InChI is InChI=1S/C14H15NO3.ClH/c16-14(11-5-2-8-15-11)18-13-7-1-6-12-10(13)4-3-9-17-12;/h1,3-4,6-7,11,15H,2,5,8-9H2;1H/t11-;/m0./s1. The summed E-state index contributed by atoms with van der Waals surface area (Å²) in [5.41, 5.74) is 0.843. The molecule has 19 heavy (non-hydrogen) atoms. The van der Waals surface area contributed by atoms with Crippen molar-refractivity contribution in [3.63, 3.8) is 0 Å². The van der Waals surface area contributed by atoms with Gasteiger partial charge in [-0.3, -0.25) is 0 Å². The molecule has 1 saturated heterocycles. The fraction of sp³-hybridized carbons (Fsp3) is 0.357. The maximum Gasteiger partial charge on any atom is 0.328 e. The van der Waals surface area contributed by atoms with Crippen LogP contribution in [0.4, 0.5) is 0 Å². The van der Waals surface area contributed by atoms with Gasteiger partial charge in [0.15, 0.2) is 0 Å². The summed E-state index contributed by atoms with van der Waals surface area (Å²) < 4.78 is 10.9. The number of carbonyl (C=O) groups excluding carboxylic acids is 1. The zero-order chi connectivity index (χ0) is 12.4. The van der Waals surface area contributed by atoms with Crippen LogP contribution in [0.3, 0.4) is 0 Å². The number of rotatable bonds is 2. The zero-order valence-corrected chi connectivity index (χ0v) is 11.2. The number of carbonyl (C=O) groups is 1. The second-order valence-corrected chi connectivity index (χ2v) is 4.45. The Morgan fingerprint density at radius 1 is 1.42 bits per heavy atom. The number of benzene rings is 1. The van der Waals surface area contributed by atoms with Gasteiger partial charge in [-0.1, -0.05) is 6.07 Å². The van der Waals surface area contributed by atoms with Crippen LogP contribution in [0, 0.1) is 0 Å². The molecule has 1 fully saturated rings. The summed E-state index contributed by atoms with van der Waals surface area (Å²) in [5, 5.41) is 3.13. The first-order valence-electron chi connectivity index (χ1n) is 6.22. The fourth-order valence-electron chi connectivity index (χ4n) is 2.27. The molecule has 2 aliphatic rings. The first-order valence-corrected chi connectivity index (χ1v) is 6.22. The molecule has 0 saturated carbocycles. The van der Waals surface area contributed by atoms with Crippen molar-refractivity contribution >= 4 is 24.5 Å². The molecule has 0 aliphatic carbocycles. The maximum absolute atomic E-state index is 12.0.